The molecule has 0 atom stereocenters. The highest BCUT2D eigenvalue weighted by Gasteiger charge is 2.18. The Balaban J connectivity index is 1.29. The summed E-state index contributed by atoms with van der Waals surface area (Å²) in [7, 11) is 0. The van der Waals surface area contributed by atoms with Gasteiger partial charge in [0.25, 0.3) is 5.91 Å². The lowest BCUT2D eigenvalue weighted by Crippen LogP contribution is -2.41. The Morgan fingerprint density at radius 2 is 1.58 bits per heavy atom. The summed E-state index contributed by atoms with van der Waals surface area (Å²) >= 11 is 0. The summed E-state index contributed by atoms with van der Waals surface area (Å²) in [6, 6.07) is 22.3. The minimum atomic E-state index is -0.511. The Morgan fingerprint density at radius 1 is 0.871 bits per heavy atom. The number of carbonyl (C=O) groups excluding carboxylic acids is 2. The van der Waals surface area contributed by atoms with Gasteiger partial charge in [0.05, 0.1) is 11.0 Å². The van der Waals surface area contributed by atoms with Gasteiger partial charge in [-0.25, -0.2) is 4.98 Å². The predicted molar refractivity (Wildman–Crippen MR) is 117 cm³/mol. The van der Waals surface area contributed by atoms with E-state index in [1.54, 1.807) is 31.5 Å². The number of aryl methyl sites for hydroxylation is 1. The summed E-state index contributed by atoms with van der Waals surface area (Å²) in [4.78, 5) is 29.3. The van der Waals surface area contributed by atoms with E-state index in [0.29, 0.717) is 11.1 Å². The quantitative estimate of drug-likeness (QED) is 0.437. The van der Waals surface area contributed by atoms with E-state index in [2.05, 4.69) is 15.8 Å². The summed E-state index contributed by atoms with van der Waals surface area (Å²) in [5, 5.41) is 0.863. The van der Waals surface area contributed by atoms with Crippen LogP contribution < -0.4 is 10.9 Å². The maximum absolute atomic E-state index is 12.5. The second-order valence-corrected chi connectivity index (χ2v) is 7.11. The number of hydrogen-bond donors (Lipinski definition) is 2. The largest absolute Gasteiger partial charge is 0.451 e. The molecular formula is C24H18N4O3. The number of nitrogens with zero attached hydrogens (tertiary/aromatic N) is 2. The molecule has 2 N–H and O–H groups in total. The lowest BCUT2D eigenvalue weighted by molar-refractivity contribution is 0.0831. The summed E-state index contributed by atoms with van der Waals surface area (Å²) in [5.41, 5.74) is 9.37. The van der Waals surface area contributed by atoms with Crippen molar-refractivity contribution in [1.29, 1.82) is 0 Å². The van der Waals surface area contributed by atoms with Crippen molar-refractivity contribution < 1.29 is 14.0 Å². The second kappa shape index (κ2) is 7.46. The SMILES string of the molecule is Cc1c(C(=O)NNC(=O)c2ccc(-n3cnc4ccccc43)cc2)oc2ccccc12. The van der Waals surface area contributed by atoms with Gasteiger partial charge in [-0.3, -0.25) is 25.0 Å². The van der Waals surface area contributed by atoms with Crippen molar-refractivity contribution in [3.8, 4) is 5.69 Å². The van der Waals surface area contributed by atoms with Crippen LogP contribution in [0.15, 0.2) is 83.5 Å². The zero-order valence-corrected chi connectivity index (χ0v) is 16.6. The highest BCUT2D eigenvalue weighted by molar-refractivity contribution is 6.01. The monoisotopic (exact) mass is 410 g/mol. The Labute approximate surface area is 177 Å². The van der Waals surface area contributed by atoms with Crippen LogP contribution in [0.25, 0.3) is 27.7 Å². The van der Waals surface area contributed by atoms with E-state index < -0.39 is 11.8 Å². The van der Waals surface area contributed by atoms with Gasteiger partial charge >= 0.3 is 5.91 Å². The zero-order valence-electron chi connectivity index (χ0n) is 16.6. The number of imidazole rings is 1. The highest BCUT2D eigenvalue weighted by atomic mass is 16.3. The Morgan fingerprint density at radius 3 is 2.39 bits per heavy atom. The predicted octanol–water partition coefficient (Wildman–Crippen LogP) is 4.15. The van der Waals surface area contributed by atoms with Crippen molar-refractivity contribution in [1.82, 2.24) is 20.4 Å². The zero-order chi connectivity index (χ0) is 21.4. The molecule has 0 aliphatic heterocycles. The molecule has 152 valence electrons. The van der Waals surface area contributed by atoms with Gasteiger partial charge in [0.1, 0.15) is 11.9 Å². The lowest BCUT2D eigenvalue weighted by atomic mass is 10.1. The normalized spacial score (nSPS) is 11.0. The number of hydrogen-bond acceptors (Lipinski definition) is 4. The third kappa shape index (κ3) is 3.32. The van der Waals surface area contributed by atoms with E-state index in [9.17, 15) is 9.59 Å². The summed E-state index contributed by atoms with van der Waals surface area (Å²) < 4.78 is 7.57. The van der Waals surface area contributed by atoms with Crippen molar-refractivity contribution in [2.45, 2.75) is 6.92 Å². The van der Waals surface area contributed by atoms with Crippen LogP contribution in [0.4, 0.5) is 0 Å². The van der Waals surface area contributed by atoms with E-state index in [0.717, 1.165) is 27.7 Å². The molecule has 0 aliphatic rings. The minimum Gasteiger partial charge on any atom is -0.451 e. The van der Waals surface area contributed by atoms with Gasteiger partial charge < -0.3 is 4.42 Å². The summed E-state index contributed by atoms with van der Waals surface area (Å²) in [6.07, 6.45) is 1.75. The van der Waals surface area contributed by atoms with Crippen molar-refractivity contribution in [2.75, 3.05) is 0 Å². The topological polar surface area (TPSA) is 89.2 Å². The molecular weight excluding hydrogens is 392 g/mol. The van der Waals surface area contributed by atoms with Gasteiger partial charge in [-0.05, 0) is 49.4 Å². The summed E-state index contributed by atoms with van der Waals surface area (Å²) in [6.45, 7) is 1.81. The molecule has 5 rings (SSSR count). The van der Waals surface area contributed by atoms with Gasteiger partial charge in [-0.15, -0.1) is 0 Å². The molecule has 7 nitrogen and oxygen atoms in total. The maximum Gasteiger partial charge on any atom is 0.305 e. The number of fused-ring (bicyclic) bond motifs is 2. The number of aromatic nitrogens is 2. The molecule has 31 heavy (non-hydrogen) atoms. The van der Waals surface area contributed by atoms with Gasteiger partial charge in [0, 0.05) is 22.2 Å². The van der Waals surface area contributed by atoms with E-state index in [1.165, 1.54) is 0 Å². The molecule has 0 saturated heterocycles. The molecule has 0 unspecified atom stereocenters. The van der Waals surface area contributed by atoms with Crippen LogP contribution in [-0.4, -0.2) is 21.4 Å². The molecule has 0 aliphatic carbocycles. The van der Waals surface area contributed by atoms with Crippen molar-refractivity contribution in [3.63, 3.8) is 0 Å². The fraction of sp³-hybridized carbons (Fsp3) is 0.0417. The average molecular weight is 410 g/mol. The molecule has 0 fully saturated rings. The molecule has 0 radical (unpaired) electrons. The molecule has 5 aromatic rings. The fourth-order valence-corrected chi connectivity index (χ4v) is 3.57. The number of benzene rings is 3. The Bertz CT molecular complexity index is 1430. The van der Waals surface area contributed by atoms with Gasteiger partial charge in [0.15, 0.2) is 5.76 Å². The van der Waals surface area contributed by atoms with Crippen LogP contribution in [-0.2, 0) is 0 Å². The minimum absolute atomic E-state index is 0.170. The number of para-hydroxylation sites is 3. The number of carbonyl (C=O) groups is 2. The first-order valence-electron chi connectivity index (χ1n) is 9.73. The van der Waals surface area contributed by atoms with Crippen molar-refractivity contribution in [2.24, 2.45) is 0 Å². The molecule has 2 aromatic heterocycles. The van der Waals surface area contributed by atoms with Gasteiger partial charge in [-0.2, -0.15) is 0 Å². The summed E-state index contributed by atoms with van der Waals surface area (Å²) in [5.74, 6) is -0.767. The molecule has 7 heteroatoms. The smallest absolute Gasteiger partial charge is 0.305 e. The first kappa shape index (κ1) is 18.6. The maximum atomic E-state index is 12.5. The van der Waals surface area contributed by atoms with Crippen molar-refractivity contribution in [3.05, 3.63) is 96.0 Å². The van der Waals surface area contributed by atoms with Crippen LogP contribution in [0.1, 0.15) is 26.5 Å². The van der Waals surface area contributed by atoms with E-state index >= 15 is 0 Å². The van der Waals surface area contributed by atoms with Crippen LogP contribution in [0.2, 0.25) is 0 Å². The number of amides is 2. The third-order valence-electron chi connectivity index (χ3n) is 5.20. The Kier molecular flexibility index (Phi) is 4.48. The molecule has 0 spiro atoms. The van der Waals surface area contributed by atoms with Crippen molar-refractivity contribution >= 4 is 33.8 Å². The molecule has 2 amide bonds. The van der Waals surface area contributed by atoms with Crippen LogP contribution in [0.5, 0.6) is 0 Å². The number of nitrogens with one attached hydrogen (secondary N) is 2. The standard InChI is InChI=1S/C24H18N4O3/c1-15-18-6-2-5-9-21(18)31-22(15)24(30)27-26-23(29)16-10-12-17(13-11-16)28-14-25-19-7-3-4-8-20(19)28/h2-14H,1H3,(H,26,29)(H,27,30). The van der Waals surface area contributed by atoms with Gasteiger partial charge in [-0.1, -0.05) is 30.3 Å². The average Bonchev–Trinajstić information content (AvgIpc) is 3.39. The first-order valence-corrected chi connectivity index (χ1v) is 9.73. The highest BCUT2D eigenvalue weighted by Crippen LogP contribution is 2.24. The molecule has 3 aromatic carbocycles. The van der Waals surface area contributed by atoms with Gasteiger partial charge in [0.2, 0.25) is 0 Å². The van der Waals surface area contributed by atoms with E-state index in [1.807, 2.05) is 59.2 Å². The molecule has 2 heterocycles. The second-order valence-electron chi connectivity index (χ2n) is 7.11. The molecule has 0 bridgehead atoms. The van der Waals surface area contributed by atoms with E-state index in [-0.39, 0.29) is 5.76 Å². The van der Waals surface area contributed by atoms with Crippen LogP contribution in [0.3, 0.4) is 0 Å². The third-order valence-corrected chi connectivity index (χ3v) is 5.20. The van der Waals surface area contributed by atoms with Crippen LogP contribution in [0, 0.1) is 6.92 Å². The van der Waals surface area contributed by atoms with Crippen LogP contribution >= 0.6 is 0 Å². The van der Waals surface area contributed by atoms with E-state index in [4.69, 9.17) is 4.42 Å². The first-order chi connectivity index (χ1) is 15.1. The fourth-order valence-electron chi connectivity index (χ4n) is 3.57. The number of hydrazine groups is 1. The Hall–Kier alpha value is -4.39. The number of furan rings is 1. The lowest BCUT2D eigenvalue weighted by Gasteiger charge is -2.08. The number of rotatable bonds is 3. The molecule has 0 saturated carbocycles.